The number of carbonyl (C=O) groups excluding carboxylic acids is 1. The number of carbonyl (C=O) groups is 1. The van der Waals surface area contributed by atoms with Crippen molar-refractivity contribution in [2.75, 3.05) is 0 Å². The van der Waals surface area contributed by atoms with Gasteiger partial charge in [-0.25, -0.2) is 14.7 Å². The van der Waals surface area contributed by atoms with Crippen molar-refractivity contribution in [2.45, 2.75) is 20.0 Å². The molecular weight excluding hydrogens is 262 g/mol. The van der Waals surface area contributed by atoms with Crippen molar-refractivity contribution < 1.29 is 14.1 Å². The minimum atomic E-state index is -1.06. The molecule has 6 nitrogen and oxygen atoms in total. The highest BCUT2D eigenvalue weighted by atomic mass is 16.5. The van der Waals surface area contributed by atoms with E-state index >= 15 is 0 Å². The number of esters is 1. The van der Waals surface area contributed by atoms with Gasteiger partial charge in [0.15, 0.2) is 5.69 Å². The first-order valence-electron chi connectivity index (χ1n) is 6.03. The Morgan fingerprint density at radius 1 is 1.20 bits per heavy atom. The molecule has 0 fully saturated rings. The topological polar surface area (TPSA) is 89.4 Å². The van der Waals surface area contributed by atoms with Crippen LogP contribution < -0.4 is 11.1 Å². The molecular formula is C14H13NO5. The standard InChI is InChI=1S/C14H13NO5/c1-8(2)19-13(17)11-10(9-6-4-3-5-7-9)12(16)14(18)20-15-11/h3-8,15H,1-2H3. The van der Waals surface area contributed by atoms with Crippen LogP contribution in [0.1, 0.15) is 24.3 Å². The molecule has 2 rings (SSSR count). The summed E-state index contributed by atoms with van der Waals surface area (Å²) in [7, 11) is 0. The molecule has 0 amide bonds. The van der Waals surface area contributed by atoms with Crippen molar-refractivity contribution in [1.82, 2.24) is 5.16 Å². The molecule has 0 bridgehead atoms. The second kappa shape index (κ2) is 5.56. The van der Waals surface area contributed by atoms with Crippen LogP contribution in [0.25, 0.3) is 11.1 Å². The van der Waals surface area contributed by atoms with E-state index in [9.17, 15) is 14.4 Å². The summed E-state index contributed by atoms with van der Waals surface area (Å²) in [5.41, 5.74) is -1.73. The Morgan fingerprint density at radius 2 is 1.85 bits per heavy atom. The van der Waals surface area contributed by atoms with Gasteiger partial charge in [0.05, 0.1) is 11.7 Å². The van der Waals surface area contributed by atoms with E-state index in [1.54, 1.807) is 44.2 Å². The van der Waals surface area contributed by atoms with Crippen LogP contribution in [0.4, 0.5) is 0 Å². The Balaban J connectivity index is 2.65. The van der Waals surface area contributed by atoms with Crippen molar-refractivity contribution in [3.63, 3.8) is 0 Å². The molecule has 1 N–H and O–H groups in total. The smallest absolute Gasteiger partial charge is 0.403 e. The molecule has 1 heterocycles. The van der Waals surface area contributed by atoms with Crippen molar-refractivity contribution in [1.29, 1.82) is 0 Å². The highest BCUT2D eigenvalue weighted by Gasteiger charge is 2.21. The summed E-state index contributed by atoms with van der Waals surface area (Å²) >= 11 is 0. The van der Waals surface area contributed by atoms with Crippen LogP contribution in [0, 0.1) is 0 Å². The van der Waals surface area contributed by atoms with Gasteiger partial charge in [0, 0.05) is 0 Å². The van der Waals surface area contributed by atoms with Gasteiger partial charge in [0.25, 0.3) is 5.43 Å². The quantitative estimate of drug-likeness (QED) is 0.678. The van der Waals surface area contributed by atoms with E-state index in [2.05, 4.69) is 9.68 Å². The zero-order valence-electron chi connectivity index (χ0n) is 11.0. The number of rotatable bonds is 3. The Kier molecular flexibility index (Phi) is 3.84. The summed E-state index contributed by atoms with van der Waals surface area (Å²) in [6, 6.07) is 8.39. The summed E-state index contributed by atoms with van der Waals surface area (Å²) in [4.78, 5) is 35.3. The van der Waals surface area contributed by atoms with Gasteiger partial charge in [-0.3, -0.25) is 4.79 Å². The number of hydrogen-bond donors (Lipinski definition) is 1. The first kappa shape index (κ1) is 13.8. The molecule has 1 aromatic heterocycles. The Morgan fingerprint density at radius 3 is 2.45 bits per heavy atom. The first-order valence-corrected chi connectivity index (χ1v) is 6.03. The lowest BCUT2D eigenvalue weighted by molar-refractivity contribution is 0.0361. The van der Waals surface area contributed by atoms with Crippen LogP contribution in [0.2, 0.25) is 0 Å². The predicted octanol–water partition coefficient (Wildman–Crippen LogP) is 1.56. The Bertz CT molecular complexity index is 727. The maximum atomic E-state index is 12.0. The van der Waals surface area contributed by atoms with Crippen molar-refractivity contribution in [3.05, 3.63) is 56.7 Å². The lowest BCUT2D eigenvalue weighted by Gasteiger charge is -2.10. The summed E-state index contributed by atoms with van der Waals surface area (Å²) < 4.78 is 9.48. The highest BCUT2D eigenvalue weighted by Crippen LogP contribution is 2.18. The van der Waals surface area contributed by atoms with E-state index in [0.717, 1.165) is 0 Å². The van der Waals surface area contributed by atoms with E-state index in [-0.39, 0.29) is 17.4 Å². The fourth-order valence-corrected chi connectivity index (χ4v) is 1.71. The lowest BCUT2D eigenvalue weighted by atomic mass is 10.0. The van der Waals surface area contributed by atoms with Gasteiger partial charge in [0.1, 0.15) is 0 Å². The van der Waals surface area contributed by atoms with Crippen LogP contribution >= 0.6 is 0 Å². The molecule has 1 aromatic carbocycles. The minimum Gasteiger partial charge on any atom is -0.458 e. The van der Waals surface area contributed by atoms with Gasteiger partial charge in [-0.05, 0) is 19.4 Å². The third kappa shape index (κ3) is 2.69. The molecule has 0 saturated heterocycles. The molecule has 0 aliphatic rings. The van der Waals surface area contributed by atoms with Gasteiger partial charge < -0.3 is 9.26 Å². The molecule has 2 aromatic rings. The third-order valence-corrected chi connectivity index (χ3v) is 2.52. The SMILES string of the molecule is CC(C)OC(=O)c1[nH]oc(=O)c(=O)c1-c1ccccc1. The van der Waals surface area contributed by atoms with Gasteiger partial charge in [-0.1, -0.05) is 30.3 Å². The average Bonchev–Trinajstić information content (AvgIpc) is 2.41. The van der Waals surface area contributed by atoms with Crippen molar-refractivity contribution >= 4 is 5.97 Å². The Labute approximate surface area is 114 Å². The lowest BCUT2D eigenvalue weighted by Crippen LogP contribution is -2.29. The zero-order valence-corrected chi connectivity index (χ0v) is 11.0. The highest BCUT2D eigenvalue weighted by molar-refractivity contribution is 5.94. The van der Waals surface area contributed by atoms with E-state index in [0.29, 0.717) is 5.56 Å². The average molecular weight is 275 g/mol. The minimum absolute atomic E-state index is 0.0486. The monoisotopic (exact) mass is 275 g/mol. The number of aromatic amines is 1. The maximum Gasteiger partial charge on any atom is 0.403 e. The maximum absolute atomic E-state index is 12.0. The normalized spacial score (nSPS) is 10.6. The van der Waals surface area contributed by atoms with E-state index in [4.69, 9.17) is 4.74 Å². The molecule has 0 saturated carbocycles. The molecule has 0 unspecified atom stereocenters. The number of ether oxygens (including phenoxy) is 1. The molecule has 104 valence electrons. The first-order chi connectivity index (χ1) is 9.50. The number of H-pyrrole nitrogens is 1. The van der Waals surface area contributed by atoms with E-state index in [1.807, 2.05) is 0 Å². The van der Waals surface area contributed by atoms with Gasteiger partial charge in [-0.15, -0.1) is 0 Å². The molecule has 0 spiro atoms. The summed E-state index contributed by atoms with van der Waals surface area (Å²) in [6.45, 7) is 3.36. The Hall–Kier alpha value is -2.63. The molecule has 20 heavy (non-hydrogen) atoms. The second-order valence-electron chi connectivity index (χ2n) is 4.39. The number of aromatic nitrogens is 1. The van der Waals surface area contributed by atoms with Crippen LogP contribution in [0.3, 0.4) is 0 Å². The van der Waals surface area contributed by atoms with Crippen LogP contribution in [0.15, 0.2) is 44.4 Å². The van der Waals surface area contributed by atoms with Crippen molar-refractivity contribution in [3.8, 4) is 11.1 Å². The number of benzene rings is 1. The summed E-state index contributed by atoms with van der Waals surface area (Å²) in [5, 5.41) is 2.19. The fraction of sp³-hybridized carbons (Fsp3) is 0.214. The zero-order chi connectivity index (χ0) is 14.7. The second-order valence-corrected chi connectivity index (χ2v) is 4.39. The fourth-order valence-electron chi connectivity index (χ4n) is 1.71. The third-order valence-electron chi connectivity index (χ3n) is 2.52. The molecule has 0 radical (unpaired) electrons. The molecule has 0 aliphatic heterocycles. The summed E-state index contributed by atoms with van der Waals surface area (Å²) in [5.74, 6) is -0.750. The van der Waals surface area contributed by atoms with Crippen LogP contribution in [-0.4, -0.2) is 17.2 Å². The molecule has 0 atom stereocenters. The number of nitrogens with one attached hydrogen (secondary N) is 1. The van der Waals surface area contributed by atoms with Gasteiger partial charge >= 0.3 is 11.6 Å². The molecule has 0 aliphatic carbocycles. The van der Waals surface area contributed by atoms with Gasteiger partial charge in [0.2, 0.25) is 0 Å². The van der Waals surface area contributed by atoms with Crippen molar-refractivity contribution in [2.24, 2.45) is 0 Å². The van der Waals surface area contributed by atoms with E-state index < -0.39 is 17.0 Å². The van der Waals surface area contributed by atoms with Gasteiger partial charge in [-0.2, -0.15) is 0 Å². The van der Waals surface area contributed by atoms with E-state index in [1.165, 1.54) is 0 Å². The number of hydrogen-bond acceptors (Lipinski definition) is 5. The molecule has 6 heteroatoms. The predicted molar refractivity (Wildman–Crippen MR) is 71.6 cm³/mol. The summed E-state index contributed by atoms with van der Waals surface area (Å²) in [6.07, 6.45) is -0.360. The van der Waals surface area contributed by atoms with Crippen LogP contribution in [-0.2, 0) is 4.74 Å². The van der Waals surface area contributed by atoms with Crippen LogP contribution in [0.5, 0.6) is 0 Å². The largest absolute Gasteiger partial charge is 0.458 e.